The summed E-state index contributed by atoms with van der Waals surface area (Å²) in [5.74, 6) is -10.0. The molecule has 1 aromatic heterocycles. The molecule has 0 saturated heterocycles. The quantitative estimate of drug-likeness (QED) is 0.0387. The van der Waals surface area contributed by atoms with Crippen molar-refractivity contribution in [2.75, 3.05) is 0 Å². The molecule has 384 valence electrons. The van der Waals surface area contributed by atoms with Crippen LogP contribution in [0.4, 0.5) is 0 Å². The summed E-state index contributed by atoms with van der Waals surface area (Å²) < 4.78 is 0. The number of aromatic amines is 1. The molecule has 0 unspecified atom stereocenters. The van der Waals surface area contributed by atoms with Gasteiger partial charge in [0.2, 0.25) is 53.2 Å². The lowest BCUT2D eigenvalue weighted by Gasteiger charge is -2.30. The maximum atomic E-state index is 14.2. The van der Waals surface area contributed by atoms with Gasteiger partial charge in [0.1, 0.15) is 48.3 Å². The first-order chi connectivity index (χ1) is 31.6. The number of aliphatic hydroxyl groups is 1. The number of aliphatic hydroxyl groups excluding tert-OH is 1. The van der Waals surface area contributed by atoms with Crippen molar-refractivity contribution >= 4 is 59.1 Å². The molecule has 9 amide bonds. The van der Waals surface area contributed by atoms with Gasteiger partial charge in [0.15, 0.2) is 0 Å². The van der Waals surface area contributed by atoms with Crippen LogP contribution >= 0.6 is 0 Å². The highest BCUT2D eigenvalue weighted by Gasteiger charge is 2.37. The maximum Gasteiger partial charge on any atom is 0.326 e. The Kier molecular flexibility index (Phi) is 25.4. The Morgan fingerprint density at radius 1 is 0.603 bits per heavy atom. The topological polar surface area (TPSA) is 388 Å². The lowest BCUT2D eigenvalue weighted by Crippen LogP contribution is -2.62. The molecule has 0 radical (unpaired) electrons. The molecule has 0 aromatic carbocycles. The Labute approximate surface area is 397 Å². The smallest absolute Gasteiger partial charge is 0.326 e. The van der Waals surface area contributed by atoms with E-state index in [0.717, 1.165) is 0 Å². The molecule has 11 atom stereocenters. The van der Waals surface area contributed by atoms with E-state index in [1.165, 1.54) is 33.3 Å². The van der Waals surface area contributed by atoms with Gasteiger partial charge in [-0.2, -0.15) is 0 Å². The summed E-state index contributed by atoms with van der Waals surface area (Å²) >= 11 is 0. The number of H-pyrrole nitrogens is 1. The Morgan fingerprint density at radius 3 is 1.51 bits per heavy atom. The SMILES string of the molecule is CC[C@H](C)[C@H](NC(=O)[C@H](CC(C)C)NC(=O)[C@@H](NC(=O)[C@H](C)NC(=O)[C@H](CC(C)C)NC(=O)[C@H](C)N)[C@@H](C)O)C(=O)N[C@@H](Cc1cnc[nH]1)C(=O)N[C@@H](CCC(N)=O)C(=O)N[C@H](C(=O)O)C(C)C. The van der Waals surface area contributed by atoms with E-state index >= 15 is 0 Å². The molecule has 0 aliphatic heterocycles. The molecule has 0 fully saturated rings. The van der Waals surface area contributed by atoms with Crippen molar-refractivity contribution in [1.82, 2.24) is 52.5 Å². The molecular weight excluding hydrogens is 889 g/mol. The molecule has 0 bridgehead atoms. The summed E-state index contributed by atoms with van der Waals surface area (Å²) in [6.45, 7) is 17.8. The third-order valence-corrected chi connectivity index (χ3v) is 10.9. The molecule has 15 N–H and O–H groups in total. The molecule has 1 heterocycles. The molecule has 24 nitrogen and oxygen atoms in total. The number of carbonyl (C=O) groups is 10. The van der Waals surface area contributed by atoms with Crippen LogP contribution in [0, 0.1) is 23.7 Å². The maximum absolute atomic E-state index is 14.2. The predicted molar refractivity (Wildman–Crippen MR) is 248 cm³/mol. The van der Waals surface area contributed by atoms with Crippen LogP contribution in [0.15, 0.2) is 12.5 Å². The minimum absolute atomic E-state index is 0.0265. The van der Waals surface area contributed by atoms with Crippen LogP contribution in [-0.2, 0) is 54.4 Å². The number of carboxylic acid groups (broad SMARTS) is 1. The largest absolute Gasteiger partial charge is 0.480 e. The van der Waals surface area contributed by atoms with Gasteiger partial charge in [-0.25, -0.2) is 9.78 Å². The lowest BCUT2D eigenvalue weighted by atomic mass is 9.96. The average molecular weight is 965 g/mol. The third kappa shape index (κ3) is 20.8. The van der Waals surface area contributed by atoms with Crippen LogP contribution in [0.3, 0.4) is 0 Å². The first-order valence-electron chi connectivity index (χ1n) is 22.9. The fourth-order valence-electron chi connectivity index (χ4n) is 6.67. The van der Waals surface area contributed by atoms with E-state index in [9.17, 15) is 58.2 Å². The summed E-state index contributed by atoms with van der Waals surface area (Å²) in [7, 11) is 0. The molecule has 0 aliphatic carbocycles. The summed E-state index contributed by atoms with van der Waals surface area (Å²) in [4.78, 5) is 139. The van der Waals surface area contributed by atoms with Crippen LogP contribution < -0.4 is 54.0 Å². The fraction of sp³-hybridized carbons (Fsp3) is 0.705. The number of hydrogen-bond donors (Lipinski definition) is 13. The summed E-state index contributed by atoms with van der Waals surface area (Å²) in [6.07, 6.45) is 0.967. The number of amides is 9. The highest BCUT2D eigenvalue weighted by Crippen LogP contribution is 2.14. The molecule has 0 spiro atoms. The predicted octanol–water partition coefficient (Wildman–Crippen LogP) is -2.28. The minimum atomic E-state index is -1.63. The number of carboxylic acids is 1. The Balaban J connectivity index is 3.40. The number of nitrogens with zero attached hydrogens (tertiary/aromatic N) is 1. The van der Waals surface area contributed by atoms with Gasteiger partial charge < -0.3 is 69.2 Å². The minimum Gasteiger partial charge on any atom is -0.480 e. The van der Waals surface area contributed by atoms with E-state index < -0.39 is 131 Å². The van der Waals surface area contributed by atoms with E-state index in [1.807, 2.05) is 13.8 Å². The second-order valence-corrected chi connectivity index (χ2v) is 18.5. The van der Waals surface area contributed by atoms with Crippen LogP contribution in [0.2, 0.25) is 0 Å². The number of aromatic nitrogens is 2. The van der Waals surface area contributed by atoms with Crippen LogP contribution in [-0.4, -0.2) is 140 Å². The second-order valence-electron chi connectivity index (χ2n) is 18.5. The molecule has 68 heavy (non-hydrogen) atoms. The van der Waals surface area contributed by atoms with Gasteiger partial charge in [-0.15, -0.1) is 0 Å². The molecular formula is C44H76N12O12. The van der Waals surface area contributed by atoms with Crippen molar-refractivity contribution in [2.45, 2.75) is 175 Å². The van der Waals surface area contributed by atoms with E-state index in [-0.39, 0.29) is 43.9 Å². The highest BCUT2D eigenvalue weighted by molar-refractivity contribution is 5.98. The lowest BCUT2D eigenvalue weighted by molar-refractivity contribution is -0.143. The monoisotopic (exact) mass is 965 g/mol. The number of primary amides is 1. The van der Waals surface area contributed by atoms with Gasteiger partial charge in [0, 0.05) is 24.7 Å². The molecule has 1 rings (SSSR count). The zero-order valence-corrected chi connectivity index (χ0v) is 41.1. The summed E-state index contributed by atoms with van der Waals surface area (Å²) in [6, 6.07) is -11.7. The van der Waals surface area contributed by atoms with Gasteiger partial charge in [-0.3, -0.25) is 43.2 Å². The standard InChI is InChI=1S/C44H76N12O12/c1-12-23(8)34(42(65)53-31(17-27-18-47-19-48-27)40(63)50-28(13-14-32(46)58)38(61)54-33(22(6)7)44(67)68)55-41(64)30(16-21(4)5)52-43(66)35(26(11)57)56-37(60)25(10)49-39(62)29(15-20(2)3)51-36(59)24(9)45/h18-26,28-31,33-35,57H,12-17,45H2,1-11H3,(H2,46,58)(H,47,48)(H,49,62)(H,50,63)(H,51,59)(H,52,66)(H,53,65)(H,54,61)(H,55,64)(H,56,60)(H,67,68)/t23-,24-,25-,26+,28-,29-,30-,31-,33-,34-,35-/m0/s1. The van der Waals surface area contributed by atoms with E-state index in [2.05, 4.69) is 52.5 Å². The van der Waals surface area contributed by atoms with Gasteiger partial charge in [-0.1, -0.05) is 61.8 Å². The van der Waals surface area contributed by atoms with Gasteiger partial charge in [0.25, 0.3) is 0 Å². The summed E-state index contributed by atoms with van der Waals surface area (Å²) in [5.41, 5.74) is 11.4. The van der Waals surface area contributed by atoms with Crippen molar-refractivity contribution in [3.8, 4) is 0 Å². The Hall–Kier alpha value is -6.17. The van der Waals surface area contributed by atoms with E-state index in [4.69, 9.17) is 11.5 Å². The van der Waals surface area contributed by atoms with Crippen molar-refractivity contribution in [1.29, 1.82) is 0 Å². The average Bonchev–Trinajstić information content (AvgIpc) is 3.76. The first-order valence-corrected chi connectivity index (χ1v) is 22.9. The van der Waals surface area contributed by atoms with Gasteiger partial charge in [-0.05, 0) is 63.7 Å². The molecule has 0 saturated carbocycles. The van der Waals surface area contributed by atoms with Crippen LogP contribution in [0.25, 0.3) is 0 Å². The van der Waals surface area contributed by atoms with E-state index in [1.54, 1.807) is 41.5 Å². The van der Waals surface area contributed by atoms with Gasteiger partial charge in [0.05, 0.1) is 18.5 Å². The van der Waals surface area contributed by atoms with Crippen molar-refractivity contribution < 1.29 is 58.2 Å². The first kappa shape index (κ1) is 59.8. The van der Waals surface area contributed by atoms with Crippen LogP contribution in [0.1, 0.15) is 114 Å². The normalized spacial score (nSPS) is 16.2. The zero-order valence-electron chi connectivity index (χ0n) is 41.1. The number of nitrogens with one attached hydrogen (secondary N) is 9. The summed E-state index contributed by atoms with van der Waals surface area (Å²) in [5, 5.41) is 40.5. The Morgan fingerprint density at radius 2 is 1.06 bits per heavy atom. The van der Waals surface area contributed by atoms with Gasteiger partial charge >= 0.3 is 5.97 Å². The molecule has 24 heteroatoms. The number of hydrogen-bond acceptors (Lipinski definition) is 13. The number of aliphatic carboxylic acids is 1. The van der Waals surface area contributed by atoms with E-state index in [0.29, 0.717) is 12.1 Å². The fourth-order valence-corrected chi connectivity index (χ4v) is 6.67. The molecule has 0 aliphatic rings. The molecule has 1 aromatic rings. The van der Waals surface area contributed by atoms with Crippen molar-refractivity contribution in [2.24, 2.45) is 35.1 Å². The van der Waals surface area contributed by atoms with Crippen LogP contribution in [0.5, 0.6) is 0 Å². The number of carbonyl (C=O) groups excluding carboxylic acids is 9. The highest BCUT2D eigenvalue weighted by atomic mass is 16.4. The zero-order chi connectivity index (χ0) is 52.2. The third-order valence-electron chi connectivity index (χ3n) is 10.9. The van der Waals surface area contributed by atoms with Crippen molar-refractivity contribution in [3.63, 3.8) is 0 Å². The number of rotatable bonds is 30. The second kappa shape index (κ2) is 28.9. The number of nitrogens with two attached hydrogens (primary N) is 2. The van der Waals surface area contributed by atoms with Crippen molar-refractivity contribution in [3.05, 3.63) is 18.2 Å². The Bertz CT molecular complexity index is 1870. The number of imidazole rings is 1.